The van der Waals surface area contributed by atoms with Crippen LogP contribution in [-0.2, 0) is 0 Å². The van der Waals surface area contributed by atoms with Crippen LogP contribution in [0.1, 0.15) is 22.3 Å². The zero-order valence-electron chi connectivity index (χ0n) is 45.0. The fraction of sp³-hybridized carbons (Fsp3) is 0.0526. The molecule has 16 rings (SSSR count). The van der Waals surface area contributed by atoms with Gasteiger partial charge in [-0.3, -0.25) is 0 Å². The molecule has 2 aromatic heterocycles. The Morgan fingerprint density at radius 3 is 1.09 bits per heavy atom. The molecule has 4 nitrogen and oxygen atoms in total. The highest BCUT2D eigenvalue weighted by atomic mass is 15.2. The molecule has 0 amide bonds. The summed E-state index contributed by atoms with van der Waals surface area (Å²) in [6.45, 7) is 8.96. The van der Waals surface area contributed by atoms with Crippen molar-refractivity contribution in [2.45, 2.75) is 27.7 Å². The molecule has 0 radical (unpaired) electrons. The third-order valence-corrected chi connectivity index (χ3v) is 17.1. The molecule has 0 spiro atoms. The van der Waals surface area contributed by atoms with Gasteiger partial charge in [-0.1, -0.05) is 169 Å². The third-order valence-electron chi connectivity index (χ3n) is 17.1. The Balaban J connectivity index is 0.970. The second-order valence-electron chi connectivity index (χ2n) is 22.0. The molecular weight excluding hydrogens is 969 g/mol. The Hall–Kier alpha value is -10.2. The molecule has 0 saturated heterocycles. The van der Waals surface area contributed by atoms with Crippen molar-refractivity contribution in [3.8, 4) is 11.4 Å². The predicted octanol–water partition coefficient (Wildman–Crippen LogP) is 21.3. The average molecular weight is 1020 g/mol. The molecule has 4 heteroatoms. The number of benzene rings is 14. The van der Waals surface area contributed by atoms with Crippen LogP contribution in [0.5, 0.6) is 0 Å². The van der Waals surface area contributed by atoms with Crippen molar-refractivity contribution < 1.29 is 0 Å². The molecular formula is C76H54N4. The lowest BCUT2D eigenvalue weighted by atomic mass is 9.91. The van der Waals surface area contributed by atoms with Crippen LogP contribution in [0.4, 0.5) is 34.1 Å². The van der Waals surface area contributed by atoms with E-state index in [0.29, 0.717) is 0 Å². The van der Waals surface area contributed by atoms with Gasteiger partial charge in [-0.05, 0) is 168 Å². The normalized spacial score (nSPS) is 12.0. The van der Waals surface area contributed by atoms with E-state index in [1.807, 2.05) is 0 Å². The van der Waals surface area contributed by atoms with Crippen molar-refractivity contribution in [2.24, 2.45) is 0 Å². The van der Waals surface area contributed by atoms with E-state index in [-0.39, 0.29) is 0 Å². The number of hydrogen-bond acceptors (Lipinski definition) is 2. The molecule has 0 aliphatic carbocycles. The Kier molecular flexibility index (Phi) is 10.2. The fourth-order valence-electron chi connectivity index (χ4n) is 13.5. The largest absolute Gasteiger partial charge is 0.309 e. The predicted molar refractivity (Wildman–Crippen MR) is 342 cm³/mol. The zero-order valence-corrected chi connectivity index (χ0v) is 45.0. The molecule has 0 aliphatic rings. The van der Waals surface area contributed by atoms with Crippen molar-refractivity contribution in [2.75, 3.05) is 9.80 Å². The van der Waals surface area contributed by atoms with Crippen LogP contribution in [-0.4, -0.2) is 9.13 Å². The summed E-state index contributed by atoms with van der Waals surface area (Å²) in [5.74, 6) is 0. The average Bonchev–Trinajstić information content (AvgIpc) is 4.12. The Morgan fingerprint density at radius 1 is 0.263 bits per heavy atom. The highest BCUT2D eigenvalue weighted by Crippen LogP contribution is 2.52. The molecule has 0 aliphatic heterocycles. The van der Waals surface area contributed by atoms with Crippen LogP contribution in [0.25, 0.3) is 109 Å². The number of para-hydroxylation sites is 4. The van der Waals surface area contributed by atoms with E-state index in [1.165, 1.54) is 131 Å². The van der Waals surface area contributed by atoms with Gasteiger partial charge in [-0.15, -0.1) is 0 Å². The quantitative estimate of drug-likeness (QED) is 0.141. The van der Waals surface area contributed by atoms with Gasteiger partial charge in [0.05, 0.1) is 44.8 Å². The molecule has 2 heterocycles. The summed E-state index contributed by atoms with van der Waals surface area (Å²) in [5.41, 5.74) is 18.8. The van der Waals surface area contributed by atoms with Crippen LogP contribution < -0.4 is 9.80 Å². The lowest BCUT2D eigenvalue weighted by Gasteiger charge is -2.32. The van der Waals surface area contributed by atoms with Crippen LogP contribution in [0.2, 0.25) is 0 Å². The highest BCUT2D eigenvalue weighted by Gasteiger charge is 2.27. The summed E-state index contributed by atoms with van der Waals surface area (Å²) in [5, 5.41) is 17.1. The van der Waals surface area contributed by atoms with Gasteiger partial charge < -0.3 is 18.9 Å². The van der Waals surface area contributed by atoms with Crippen molar-refractivity contribution in [1.82, 2.24) is 9.13 Å². The molecule has 16 aromatic rings. The van der Waals surface area contributed by atoms with Crippen molar-refractivity contribution in [3.05, 3.63) is 277 Å². The van der Waals surface area contributed by atoms with E-state index in [1.54, 1.807) is 0 Å². The van der Waals surface area contributed by atoms with Gasteiger partial charge in [0.2, 0.25) is 0 Å². The van der Waals surface area contributed by atoms with E-state index in [0.717, 1.165) is 34.1 Å². The Morgan fingerprint density at radius 2 is 0.637 bits per heavy atom. The molecule has 80 heavy (non-hydrogen) atoms. The lowest BCUT2D eigenvalue weighted by Crippen LogP contribution is -2.13. The van der Waals surface area contributed by atoms with E-state index in [9.17, 15) is 0 Å². The maximum atomic E-state index is 2.56. The first-order chi connectivity index (χ1) is 39.3. The molecule has 0 fully saturated rings. The van der Waals surface area contributed by atoms with Gasteiger partial charge in [0.25, 0.3) is 0 Å². The second-order valence-corrected chi connectivity index (χ2v) is 22.0. The van der Waals surface area contributed by atoms with Crippen molar-refractivity contribution >= 4 is 132 Å². The zero-order chi connectivity index (χ0) is 53.3. The first kappa shape index (κ1) is 46.0. The minimum Gasteiger partial charge on any atom is -0.309 e. The molecule has 14 aromatic carbocycles. The number of nitrogens with zero attached hydrogens (tertiary/aromatic N) is 4. The number of aromatic nitrogens is 2. The van der Waals surface area contributed by atoms with Gasteiger partial charge in [0.15, 0.2) is 0 Å². The van der Waals surface area contributed by atoms with Crippen LogP contribution in [0, 0.1) is 27.7 Å². The van der Waals surface area contributed by atoms with E-state index in [2.05, 4.69) is 301 Å². The van der Waals surface area contributed by atoms with Crippen LogP contribution in [0.3, 0.4) is 0 Å². The smallest absolute Gasteiger partial charge is 0.0569 e. The van der Waals surface area contributed by atoms with Gasteiger partial charge >= 0.3 is 0 Å². The first-order valence-electron chi connectivity index (χ1n) is 27.8. The molecule has 378 valence electrons. The third kappa shape index (κ3) is 6.88. The van der Waals surface area contributed by atoms with E-state index >= 15 is 0 Å². The van der Waals surface area contributed by atoms with Crippen LogP contribution >= 0.6 is 0 Å². The summed E-state index contributed by atoms with van der Waals surface area (Å²) in [6.07, 6.45) is 0. The van der Waals surface area contributed by atoms with Gasteiger partial charge in [-0.2, -0.15) is 0 Å². The summed E-state index contributed by atoms with van der Waals surface area (Å²) < 4.78 is 4.81. The standard InChI is InChI=1S/C76H54N4/c1-47-23-27-51-29-25-49(3)75(63(51)43-47)79(57-35-41-71-65(45-57)59-19-11-13-21-67(59)77(71)55-15-7-5-8-16-55)69-39-33-53-32-38-62-70(40-34-54-31-37-61(69)73(53)74(54)62)80(76-50(4)26-30-52-28-24-48(2)44-64(52)76)58-36-42-72-66(46-58)60-20-12-14-22-68(60)78(72)56-17-9-6-10-18-56/h5-46H,1-4H3. The fourth-order valence-corrected chi connectivity index (χ4v) is 13.5. The maximum Gasteiger partial charge on any atom is 0.0569 e. The topological polar surface area (TPSA) is 16.3 Å². The SMILES string of the molecule is Cc1ccc2ccc(C)c(N(c3ccc4c(c3)c3ccccc3n4-c3ccccc3)c3ccc4ccc5c(N(c6ccc7c(c6)c6ccccc6n7-c6ccccc6)c6c(C)ccc7ccc(C)cc67)ccc6ccc3c4c65)c2c1. The van der Waals surface area contributed by atoms with Crippen molar-refractivity contribution in [3.63, 3.8) is 0 Å². The Bertz CT molecular complexity index is 4840. The summed E-state index contributed by atoms with van der Waals surface area (Å²) >= 11 is 0. The van der Waals surface area contributed by atoms with Gasteiger partial charge in [0, 0.05) is 65.8 Å². The molecule has 0 saturated carbocycles. The second kappa shape index (κ2) is 17.7. The number of hydrogen-bond donors (Lipinski definition) is 0. The van der Waals surface area contributed by atoms with E-state index < -0.39 is 0 Å². The van der Waals surface area contributed by atoms with Gasteiger partial charge in [-0.25, -0.2) is 0 Å². The summed E-state index contributed by atoms with van der Waals surface area (Å²) in [4.78, 5) is 5.13. The number of anilines is 6. The first-order valence-corrected chi connectivity index (χ1v) is 27.8. The molecule has 0 N–H and O–H groups in total. The van der Waals surface area contributed by atoms with Gasteiger partial charge in [0.1, 0.15) is 0 Å². The Labute approximate surface area is 464 Å². The maximum absolute atomic E-state index is 2.56. The monoisotopic (exact) mass is 1020 g/mol. The minimum atomic E-state index is 1.11. The minimum absolute atomic E-state index is 1.11. The van der Waals surface area contributed by atoms with Crippen molar-refractivity contribution in [1.29, 1.82) is 0 Å². The van der Waals surface area contributed by atoms with E-state index in [4.69, 9.17) is 0 Å². The number of rotatable bonds is 8. The molecule has 0 atom stereocenters. The van der Waals surface area contributed by atoms with Crippen LogP contribution in [0.15, 0.2) is 255 Å². The molecule has 0 bridgehead atoms. The summed E-state index contributed by atoms with van der Waals surface area (Å²) in [6, 6.07) is 95.2. The summed E-state index contributed by atoms with van der Waals surface area (Å²) in [7, 11) is 0. The number of fused-ring (bicyclic) bond motifs is 8. The molecule has 0 unspecified atom stereocenters. The number of aryl methyl sites for hydroxylation is 4. The lowest BCUT2D eigenvalue weighted by molar-refractivity contribution is 1.18. The highest BCUT2D eigenvalue weighted by molar-refractivity contribution is 6.29.